The minimum Gasteiger partial charge on any atom is -0.388 e. The highest BCUT2D eigenvalue weighted by Crippen LogP contribution is 2.26. The van der Waals surface area contributed by atoms with E-state index in [0.717, 1.165) is 11.1 Å². The molecule has 0 aliphatic carbocycles. The topological polar surface area (TPSA) is 20.2 Å². The smallest absolute Gasteiger partial charge is 0.123 e. The number of halogens is 2. The van der Waals surface area contributed by atoms with E-state index in [9.17, 15) is 9.50 Å². The minimum absolute atomic E-state index is 0.290. The van der Waals surface area contributed by atoms with Gasteiger partial charge >= 0.3 is 0 Å². The van der Waals surface area contributed by atoms with Gasteiger partial charge in [-0.2, -0.15) is 0 Å². The molecule has 18 heavy (non-hydrogen) atoms. The van der Waals surface area contributed by atoms with E-state index in [1.807, 2.05) is 19.1 Å². The molecule has 0 heterocycles. The minimum atomic E-state index is -0.723. The lowest BCUT2D eigenvalue weighted by Crippen LogP contribution is -2.04. The Labute approximate surface area is 111 Å². The molecule has 2 rings (SSSR count). The maximum Gasteiger partial charge on any atom is 0.123 e. The van der Waals surface area contributed by atoms with Crippen LogP contribution in [-0.4, -0.2) is 5.11 Å². The Bertz CT molecular complexity index is 554. The quantitative estimate of drug-likeness (QED) is 0.886. The monoisotopic (exact) mass is 264 g/mol. The van der Waals surface area contributed by atoms with Crippen molar-refractivity contribution in [1.82, 2.24) is 0 Å². The number of aliphatic hydroxyl groups is 1. The van der Waals surface area contributed by atoms with Crippen molar-refractivity contribution in [1.29, 1.82) is 0 Å². The fourth-order valence-corrected chi connectivity index (χ4v) is 2.19. The number of benzene rings is 2. The molecule has 1 N–H and O–H groups in total. The Morgan fingerprint density at radius 1 is 1.22 bits per heavy atom. The molecule has 2 aromatic rings. The van der Waals surface area contributed by atoms with Crippen LogP contribution in [0, 0.1) is 12.7 Å². The van der Waals surface area contributed by atoms with E-state index in [1.165, 1.54) is 12.1 Å². The van der Waals surface area contributed by atoms with Gasteiger partial charge in [0.05, 0.1) is 6.10 Å². The van der Waals surface area contributed by atoms with Gasteiger partial charge in [-0.1, -0.05) is 35.9 Å². The number of hydrogen-bond acceptors (Lipinski definition) is 1. The van der Waals surface area contributed by atoms with Crippen molar-refractivity contribution in [3.8, 4) is 0 Å². The largest absolute Gasteiger partial charge is 0.388 e. The van der Waals surface area contributed by atoms with Crippen LogP contribution in [-0.2, 0) is 6.42 Å². The van der Waals surface area contributed by atoms with E-state index in [1.54, 1.807) is 18.2 Å². The summed E-state index contributed by atoms with van der Waals surface area (Å²) in [6.45, 7) is 1.90. The van der Waals surface area contributed by atoms with Crippen molar-refractivity contribution >= 4 is 11.6 Å². The molecule has 3 heteroatoms. The van der Waals surface area contributed by atoms with Gasteiger partial charge in [0.15, 0.2) is 0 Å². The Morgan fingerprint density at radius 2 is 1.94 bits per heavy atom. The van der Waals surface area contributed by atoms with Gasteiger partial charge in [-0.15, -0.1) is 0 Å². The lowest BCUT2D eigenvalue weighted by Gasteiger charge is -2.14. The van der Waals surface area contributed by atoms with E-state index < -0.39 is 6.10 Å². The third-order valence-corrected chi connectivity index (χ3v) is 3.33. The normalized spacial score (nSPS) is 12.4. The molecular formula is C15H14ClFO. The molecular weight excluding hydrogens is 251 g/mol. The summed E-state index contributed by atoms with van der Waals surface area (Å²) in [6, 6.07) is 11.7. The first-order chi connectivity index (χ1) is 8.58. The Balaban J connectivity index is 2.24. The molecule has 1 nitrogen and oxygen atoms in total. The average molecular weight is 265 g/mol. The summed E-state index contributed by atoms with van der Waals surface area (Å²) in [6.07, 6.45) is -0.368. The molecule has 0 aromatic heterocycles. The lowest BCUT2D eigenvalue weighted by atomic mass is 9.98. The lowest BCUT2D eigenvalue weighted by molar-refractivity contribution is 0.178. The van der Waals surface area contributed by atoms with Gasteiger partial charge in [-0.25, -0.2) is 4.39 Å². The van der Waals surface area contributed by atoms with Crippen molar-refractivity contribution in [2.75, 3.05) is 0 Å². The molecule has 0 amide bonds. The standard InChI is InChI=1S/C15H14ClFO/c1-10-6-7-12(17)8-11(10)9-15(18)13-4-2-3-5-14(13)16/h2-8,15,18H,9H2,1H3. The number of rotatable bonds is 3. The van der Waals surface area contributed by atoms with Crippen LogP contribution in [0.4, 0.5) is 4.39 Å². The third-order valence-electron chi connectivity index (χ3n) is 2.99. The molecule has 0 bridgehead atoms. The molecule has 0 spiro atoms. The molecule has 0 saturated heterocycles. The van der Waals surface area contributed by atoms with Crippen molar-refractivity contribution in [3.63, 3.8) is 0 Å². The first-order valence-corrected chi connectivity index (χ1v) is 6.13. The van der Waals surface area contributed by atoms with Crippen LogP contribution in [0.2, 0.25) is 5.02 Å². The Hall–Kier alpha value is -1.38. The highest BCUT2D eigenvalue weighted by molar-refractivity contribution is 6.31. The molecule has 0 fully saturated rings. The summed E-state index contributed by atoms with van der Waals surface area (Å²) in [5.41, 5.74) is 2.42. The van der Waals surface area contributed by atoms with Gasteiger partial charge in [0, 0.05) is 11.4 Å². The second kappa shape index (κ2) is 5.51. The molecule has 94 valence electrons. The number of aliphatic hydroxyl groups excluding tert-OH is 1. The maximum absolute atomic E-state index is 13.2. The van der Waals surface area contributed by atoms with E-state index in [-0.39, 0.29) is 5.82 Å². The zero-order chi connectivity index (χ0) is 13.1. The maximum atomic E-state index is 13.2. The van der Waals surface area contributed by atoms with Crippen LogP contribution in [0.1, 0.15) is 22.8 Å². The van der Waals surface area contributed by atoms with Crippen LogP contribution in [0.15, 0.2) is 42.5 Å². The first kappa shape index (κ1) is 13.1. The zero-order valence-electron chi connectivity index (χ0n) is 10.0. The average Bonchev–Trinajstić information content (AvgIpc) is 2.34. The summed E-state index contributed by atoms with van der Waals surface area (Å²) in [5.74, 6) is -0.290. The molecule has 0 aliphatic heterocycles. The van der Waals surface area contributed by atoms with Crippen molar-refractivity contribution in [2.24, 2.45) is 0 Å². The summed E-state index contributed by atoms with van der Waals surface area (Å²) in [4.78, 5) is 0. The Kier molecular flexibility index (Phi) is 4.00. The van der Waals surface area contributed by atoms with Gasteiger partial charge in [0.25, 0.3) is 0 Å². The van der Waals surface area contributed by atoms with Gasteiger partial charge in [0.2, 0.25) is 0 Å². The highest BCUT2D eigenvalue weighted by Gasteiger charge is 2.13. The highest BCUT2D eigenvalue weighted by atomic mass is 35.5. The van der Waals surface area contributed by atoms with Gasteiger partial charge in [-0.05, 0) is 41.8 Å². The summed E-state index contributed by atoms with van der Waals surface area (Å²) in [7, 11) is 0. The fourth-order valence-electron chi connectivity index (χ4n) is 1.92. The molecule has 1 atom stereocenters. The van der Waals surface area contributed by atoms with Crippen LogP contribution in [0.5, 0.6) is 0 Å². The Morgan fingerprint density at radius 3 is 2.67 bits per heavy atom. The summed E-state index contributed by atoms with van der Waals surface area (Å²) in [5, 5.41) is 10.7. The summed E-state index contributed by atoms with van der Waals surface area (Å²) >= 11 is 6.02. The van der Waals surface area contributed by atoms with E-state index in [2.05, 4.69) is 0 Å². The number of aryl methyl sites for hydroxylation is 1. The number of hydrogen-bond donors (Lipinski definition) is 1. The second-order valence-electron chi connectivity index (χ2n) is 4.31. The molecule has 1 unspecified atom stereocenters. The van der Waals surface area contributed by atoms with Gasteiger partial charge in [0.1, 0.15) is 5.82 Å². The van der Waals surface area contributed by atoms with Crippen molar-refractivity contribution in [2.45, 2.75) is 19.4 Å². The molecule has 0 saturated carbocycles. The predicted octanol–water partition coefficient (Wildman–Crippen LogP) is 4.06. The van der Waals surface area contributed by atoms with Gasteiger partial charge < -0.3 is 5.11 Å². The van der Waals surface area contributed by atoms with E-state index in [0.29, 0.717) is 17.0 Å². The second-order valence-corrected chi connectivity index (χ2v) is 4.72. The van der Waals surface area contributed by atoms with E-state index >= 15 is 0 Å². The van der Waals surface area contributed by atoms with Gasteiger partial charge in [-0.3, -0.25) is 0 Å². The third kappa shape index (κ3) is 2.89. The predicted molar refractivity (Wildman–Crippen MR) is 71.3 cm³/mol. The van der Waals surface area contributed by atoms with Crippen LogP contribution < -0.4 is 0 Å². The van der Waals surface area contributed by atoms with E-state index in [4.69, 9.17) is 11.6 Å². The van der Waals surface area contributed by atoms with Crippen LogP contribution >= 0.6 is 11.6 Å². The van der Waals surface area contributed by atoms with Crippen LogP contribution in [0.3, 0.4) is 0 Å². The zero-order valence-corrected chi connectivity index (χ0v) is 10.8. The fraction of sp³-hybridized carbons (Fsp3) is 0.200. The summed E-state index contributed by atoms with van der Waals surface area (Å²) < 4.78 is 13.2. The van der Waals surface area contributed by atoms with Crippen molar-refractivity contribution in [3.05, 3.63) is 70.0 Å². The first-order valence-electron chi connectivity index (χ1n) is 5.75. The molecule has 0 aliphatic rings. The molecule has 0 radical (unpaired) electrons. The van der Waals surface area contributed by atoms with Crippen LogP contribution in [0.25, 0.3) is 0 Å². The van der Waals surface area contributed by atoms with Crippen molar-refractivity contribution < 1.29 is 9.50 Å². The molecule has 2 aromatic carbocycles. The SMILES string of the molecule is Cc1ccc(F)cc1CC(O)c1ccccc1Cl.